The zero-order chi connectivity index (χ0) is 13.4. The van der Waals surface area contributed by atoms with Crippen molar-refractivity contribution in [2.24, 2.45) is 7.05 Å². The van der Waals surface area contributed by atoms with Gasteiger partial charge in [-0.05, 0) is 20.8 Å². The van der Waals surface area contributed by atoms with Crippen molar-refractivity contribution in [3.05, 3.63) is 16.4 Å². The molecule has 0 bridgehead atoms. The summed E-state index contributed by atoms with van der Waals surface area (Å²) in [5.41, 5.74) is 1.13. The molecule has 0 aliphatic carbocycles. The van der Waals surface area contributed by atoms with E-state index in [1.807, 2.05) is 20.8 Å². The van der Waals surface area contributed by atoms with Crippen molar-refractivity contribution >= 4 is 17.5 Å². The first-order valence-corrected chi connectivity index (χ1v) is 6.41. The Kier molecular flexibility index (Phi) is 3.64. The van der Waals surface area contributed by atoms with E-state index in [-0.39, 0.29) is 18.1 Å². The summed E-state index contributed by atoms with van der Waals surface area (Å²) in [6.45, 7) is 6.92. The quantitative estimate of drug-likeness (QED) is 0.780. The summed E-state index contributed by atoms with van der Waals surface area (Å²) in [6.07, 6.45) is 0.0857. The molecule has 1 aliphatic heterocycles. The molecule has 1 saturated heterocycles. The van der Waals surface area contributed by atoms with Crippen LogP contribution in [-0.4, -0.2) is 45.9 Å². The molecule has 100 valence electrons. The topological polar surface area (TPSA) is 47.4 Å². The lowest BCUT2D eigenvalue weighted by molar-refractivity contribution is -0.0587. The number of aromatic nitrogens is 2. The molecule has 1 fully saturated rings. The van der Waals surface area contributed by atoms with Gasteiger partial charge in [-0.15, -0.1) is 0 Å². The number of aryl methyl sites for hydroxylation is 1. The number of rotatable bonds is 1. The Labute approximate surface area is 112 Å². The number of amides is 1. The van der Waals surface area contributed by atoms with Crippen molar-refractivity contribution in [1.29, 1.82) is 0 Å². The second-order valence-corrected chi connectivity index (χ2v) is 5.22. The molecule has 0 N–H and O–H groups in total. The van der Waals surface area contributed by atoms with Gasteiger partial charge in [0.15, 0.2) is 5.69 Å². The standard InChI is InChI=1S/C12H18ClN3O2/c1-7-5-16(6-8(2)18-7)12(17)11-10(13)9(3)15(4)14-11/h7-8H,5-6H2,1-4H3/t7-,8+. The summed E-state index contributed by atoms with van der Waals surface area (Å²) in [4.78, 5) is 14.1. The van der Waals surface area contributed by atoms with Crippen LogP contribution in [0.2, 0.25) is 5.02 Å². The number of nitrogens with zero attached hydrogens (tertiary/aromatic N) is 3. The van der Waals surface area contributed by atoms with Gasteiger partial charge in [0, 0.05) is 20.1 Å². The second-order valence-electron chi connectivity index (χ2n) is 4.84. The maximum atomic E-state index is 12.4. The third-order valence-corrected chi connectivity index (χ3v) is 3.62. The van der Waals surface area contributed by atoms with E-state index in [9.17, 15) is 4.79 Å². The highest BCUT2D eigenvalue weighted by atomic mass is 35.5. The van der Waals surface area contributed by atoms with Gasteiger partial charge in [0.05, 0.1) is 22.9 Å². The van der Waals surface area contributed by atoms with Crippen molar-refractivity contribution in [3.8, 4) is 0 Å². The molecule has 0 saturated carbocycles. The Morgan fingerprint density at radius 3 is 2.39 bits per heavy atom. The molecule has 1 aliphatic rings. The van der Waals surface area contributed by atoms with E-state index in [2.05, 4.69) is 5.10 Å². The summed E-state index contributed by atoms with van der Waals surface area (Å²) >= 11 is 6.14. The predicted molar refractivity (Wildman–Crippen MR) is 68.9 cm³/mol. The molecule has 1 aromatic heterocycles. The number of hydrogen-bond acceptors (Lipinski definition) is 3. The Morgan fingerprint density at radius 2 is 1.94 bits per heavy atom. The van der Waals surface area contributed by atoms with E-state index in [1.54, 1.807) is 16.6 Å². The third kappa shape index (κ3) is 2.37. The molecular weight excluding hydrogens is 254 g/mol. The van der Waals surface area contributed by atoms with Crippen LogP contribution in [-0.2, 0) is 11.8 Å². The lowest BCUT2D eigenvalue weighted by atomic mass is 10.2. The monoisotopic (exact) mass is 271 g/mol. The molecule has 0 spiro atoms. The second kappa shape index (κ2) is 4.90. The van der Waals surface area contributed by atoms with Crippen molar-refractivity contribution in [2.75, 3.05) is 13.1 Å². The van der Waals surface area contributed by atoms with Crippen molar-refractivity contribution < 1.29 is 9.53 Å². The number of carbonyl (C=O) groups is 1. The Morgan fingerprint density at radius 1 is 1.39 bits per heavy atom. The lowest BCUT2D eigenvalue weighted by Gasteiger charge is -2.34. The number of hydrogen-bond donors (Lipinski definition) is 0. The maximum Gasteiger partial charge on any atom is 0.276 e. The zero-order valence-electron chi connectivity index (χ0n) is 11.1. The van der Waals surface area contributed by atoms with Crippen molar-refractivity contribution in [2.45, 2.75) is 33.0 Å². The summed E-state index contributed by atoms with van der Waals surface area (Å²) in [7, 11) is 1.78. The minimum atomic E-state index is -0.120. The summed E-state index contributed by atoms with van der Waals surface area (Å²) < 4.78 is 7.24. The lowest BCUT2D eigenvalue weighted by Crippen LogP contribution is -2.48. The highest BCUT2D eigenvalue weighted by molar-refractivity contribution is 6.34. The minimum Gasteiger partial charge on any atom is -0.372 e. The Bertz CT molecular complexity index is 462. The van der Waals surface area contributed by atoms with Gasteiger partial charge in [-0.25, -0.2) is 0 Å². The molecule has 2 rings (SSSR count). The molecule has 0 aromatic carbocycles. The van der Waals surface area contributed by atoms with Crippen LogP contribution in [0, 0.1) is 6.92 Å². The number of carbonyl (C=O) groups excluding carboxylic acids is 1. The molecular formula is C12H18ClN3O2. The molecule has 2 atom stereocenters. The normalized spacial score (nSPS) is 24.4. The van der Waals surface area contributed by atoms with Gasteiger partial charge in [0.1, 0.15) is 0 Å². The number of halogens is 1. The summed E-state index contributed by atoms with van der Waals surface area (Å²) in [5, 5.41) is 4.63. The van der Waals surface area contributed by atoms with Crippen LogP contribution in [0.25, 0.3) is 0 Å². The van der Waals surface area contributed by atoms with Gasteiger partial charge in [-0.2, -0.15) is 5.10 Å². The number of ether oxygens (including phenoxy) is 1. The third-order valence-electron chi connectivity index (χ3n) is 3.17. The van der Waals surface area contributed by atoms with Gasteiger partial charge in [-0.1, -0.05) is 11.6 Å². The van der Waals surface area contributed by atoms with Gasteiger partial charge < -0.3 is 9.64 Å². The fraction of sp³-hybridized carbons (Fsp3) is 0.667. The van der Waals surface area contributed by atoms with Crippen molar-refractivity contribution in [3.63, 3.8) is 0 Å². The molecule has 0 radical (unpaired) electrons. The molecule has 5 nitrogen and oxygen atoms in total. The van der Waals surface area contributed by atoms with Gasteiger partial charge in [0.25, 0.3) is 5.91 Å². The fourth-order valence-corrected chi connectivity index (χ4v) is 2.45. The minimum absolute atomic E-state index is 0.0429. The fourth-order valence-electron chi connectivity index (χ4n) is 2.21. The molecule has 1 aromatic rings. The molecule has 6 heteroatoms. The first kappa shape index (κ1) is 13.4. The summed E-state index contributed by atoms with van der Waals surface area (Å²) in [5.74, 6) is -0.120. The smallest absolute Gasteiger partial charge is 0.276 e. The van der Waals surface area contributed by atoms with Crippen LogP contribution in [0.15, 0.2) is 0 Å². The van der Waals surface area contributed by atoms with E-state index in [0.717, 1.165) is 5.69 Å². The summed E-state index contributed by atoms with van der Waals surface area (Å²) in [6, 6.07) is 0. The molecule has 1 amide bonds. The van der Waals surface area contributed by atoms with E-state index >= 15 is 0 Å². The largest absolute Gasteiger partial charge is 0.372 e. The van der Waals surface area contributed by atoms with Crippen LogP contribution in [0.1, 0.15) is 30.0 Å². The average molecular weight is 272 g/mol. The first-order chi connectivity index (χ1) is 8.40. The van der Waals surface area contributed by atoms with Gasteiger partial charge >= 0.3 is 0 Å². The van der Waals surface area contributed by atoms with Crippen LogP contribution >= 0.6 is 11.6 Å². The Hall–Kier alpha value is -1.07. The molecule has 0 unspecified atom stereocenters. The zero-order valence-corrected chi connectivity index (χ0v) is 11.9. The van der Waals surface area contributed by atoms with Gasteiger partial charge in [-0.3, -0.25) is 9.48 Å². The maximum absolute atomic E-state index is 12.4. The highest BCUT2D eigenvalue weighted by Crippen LogP contribution is 2.22. The van der Waals surface area contributed by atoms with E-state index in [0.29, 0.717) is 23.8 Å². The molecule has 18 heavy (non-hydrogen) atoms. The highest BCUT2D eigenvalue weighted by Gasteiger charge is 2.29. The average Bonchev–Trinajstić information content (AvgIpc) is 2.55. The van der Waals surface area contributed by atoms with E-state index in [1.165, 1.54) is 0 Å². The Balaban J connectivity index is 2.23. The predicted octanol–water partition coefficient (Wildman–Crippen LogP) is 1.63. The number of morpholine rings is 1. The van der Waals surface area contributed by atoms with Crippen LogP contribution < -0.4 is 0 Å². The van der Waals surface area contributed by atoms with E-state index in [4.69, 9.17) is 16.3 Å². The van der Waals surface area contributed by atoms with Crippen LogP contribution in [0.5, 0.6) is 0 Å². The van der Waals surface area contributed by atoms with Crippen LogP contribution in [0.3, 0.4) is 0 Å². The SMILES string of the molecule is Cc1c(Cl)c(C(=O)N2C[C@@H](C)O[C@@H](C)C2)nn1C. The van der Waals surface area contributed by atoms with Crippen molar-refractivity contribution in [1.82, 2.24) is 14.7 Å². The van der Waals surface area contributed by atoms with E-state index < -0.39 is 0 Å². The van der Waals surface area contributed by atoms with Gasteiger partial charge in [0.2, 0.25) is 0 Å². The first-order valence-electron chi connectivity index (χ1n) is 6.04. The van der Waals surface area contributed by atoms with Crippen LogP contribution in [0.4, 0.5) is 0 Å². The molecule has 2 heterocycles.